The fourth-order valence-corrected chi connectivity index (χ4v) is 3.27. The summed E-state index contributed by atoms with van der Waals surface area (Å²) < 4.78 is 14.8. The number of nitrogens with one attached hydrogen (secondary N) is 1. The van der Waals surface area contributed by atoms with Crippen molar-refractivity contribution in [2.24, 2.45) is 0 Å². The predicted octanol–water partition coefficient (Wildman–Crippen LogP) is 5.02. The molecular formula is C18H21BrFN. The van der Waals surface area contributed by atoms with Crippen LogP contribution in [0.15, 0.2) is 34.8 Å². The minimum atomic E-state index is -0.181. The number of benzene rings is 2. The molecule has 0 saturated carbocycles. The van der Waals surface area contributed by atoms with Gasteiger partial charge in [-0.3, -0.25) is 0 Å². The zero-order valence-electron chi connectivity index (χ0n) is 12.9. The van der Waals surface area contributed by atoms with E-state index in [9.17, 15) is 4.39 Å². The summed E-state index contributed by atoms with van der Waals surface area (Å²) in [5.41, 5.74) is 5.79. The summed E-state index contributed by atoms with van der Waals surface area (Å²) in [6.45, 7) is 6.35. The van der Waals surface area contributed by atoms with Crippen molar-refractivity contribution in [1.82, 2.24) is 5.32 Å². The molecule has 0 aliphatic heterocycles. The predicted molar refractivity (Wildman–Crippen MR) is 90.3 cm³/mol. The van der Waals surface area contributed by atoms with Crippen LogP contribution in [-0.2, 0) is 6.42 Å². The maximum Gasteiger partial charge on any atom is 0.142 e. The molecule has 112 valence electrons. The maximum absolute atomic E-state index is 14.3. The van der Waals surface area contributed by atoms with Crippen molar-refractivity contribution >= 4 is 15.9 Å². The average Bonchev–Trinajstić information content (AvgIpc) is 2.42. The first kappa shape index (κ1) is 16.2. The number of aryl methyl sites for hydroxylation is 3. The molecule has 1 unspecified atom stereocenters. The van der Waals surface area contributed by atoms with E-state index in [2.05, 4.69) is 54.2 Å². The number of halogens is 2. The van der Waals surface area contributed by atoms with E-state index in [0.717, 1.165) is 6.42 Å². The molecule has 3 heteroatoms. The lowest BCUT2D eigenvalue weighted by Gasteiger charge is -2.21. The lowest BCUT2D eigenvalue weighted by molar-refractivity contribution is 0.529. The molecule has 1 atom stereocenters. The Hall–Kier alpha value is -1.19. The second-order valence-corrected chi connectivity index (χ2v) is 6.42. The van der Waals surface area contributed by atoms with Crippen molar-refractivity contribution in [3.05, 3.63) is 68.4 Å². The van der Waals surface area contributed by atoms with Gasteiger partial charge in [0.2, 0.25) is 0 Å². The van der Waals surface area contributed by atoms with Crippen LogP contribution in [0.2, 0.25) is 0 Å². The van der Waals surface area contributed by atoms with E-state index in [1.54, 1.807) is 6.07 Å². The zero-order chi connectivity index (χ0) is 15.6. The van der Waals surface area contributed by atoms with Crippen molar-refractivity contribution in [2.75, 3.05) is 7.05 Å². The van der Waals surface area contributed by atoms with Gasteiger partial charge in [-0.05, 0) is 72.9 Å². The Labute approximate surface area is 134 Å². The second-order valence-electron chi connectivity index (χ2n) is 5.57. The highest BCUT2D eigenvalue weighted by molar-refractivity contribution is 9.10. The van der Waals surface area contributed by atoms with Gasteiger partial charge in [-0.15, -0.1) is 0 Å². The molecule has 2 aromatic carbocycles. The Morgan fingerprint density at radius 1 is 1.14 bits per heavy atom. The van der Waals surface area contributed by atoms with E-state index in [4.69, 9.17) is 0 Å². The van der Waals surface area contributed by atoms with E-state index in [1.807, 2.05) is 19.2 Å². The molecule has 0 amide bonds. The van der Waals surface area contributed by atoms with Crippen molar-refractivity contribution < 1.29 is 4.39 Å². The summed E-state index contributed by atoms with van der Waals surface area (Å²) in [4.78, 5) is 0. The quantitative estimate of drug-likeness (QED) is 0.817. The Morgan fingerprint density at radius 2 is 1.76 bits per heavy atom. The third-order valence-electron chi connectivity index (χ3n) is 3.95. The van der Waals surface area contributed by atoms with Gasteiger partial charge >= 0.3 is 0 Å². The summed E-state index contributed by atoms with van der Waals surface area (Å²) in [7, 11) is 1.88. The molecule has 0 radical (unpaired) electrons. The van der Waals surface area contributed by atoms with Gasteiger partial charge in [0.05, 0.1) is 4.47 Å². The molecule has 0 heterocycles. The summed E-state index contributed by atoms with van der Waals surface area (Å²) in [5.74, 6) is -0.181. The van der Waals surface area contributed by atoms with E-state index in [0.29, 0.717) is 10.0 Å². The van der Waals surface area contributed by atoms with E-state index < -0.39 is 0 Å². The first-order valence-corrected chi connectivity index (χ1v) is 7.91. The molecule has 0 fully saturated rings. The number of hydrogen-bond acceptors (Lipinski definition) is 1. The molecule has 0 aromatic heterocycles. The summed E-state index contributed by atoms with van der Waals surface area (Å²) in [6.07, 6.45) is 0.780. The van der Waals surface area contributed by atoms with Gasteiger partial charge in [0, 0.05) is 11.6 Å². The van der Waals surface area contributed by atoms with Crippen molar-refractivity contribution in [3.8, 4) is 0 Å². The molecule has 0 aliphatic carbocycles. The van der Waals surface area contributed by atoms with Crippen LogP contribution in [0.5, 0.6) is 0 Å². The average molecular weight is 350 g/mol. The molecule has 0 saturated heterocycles. The van der Waals surface area contributed by atoms with E-state index >= 15 is 0 Å². The fraction of sp³-hybridized carbons (Fsp3) is 0.333. The normalized spacial score (nSPS) is 12.5. The maximum atomic E-state index is 14.3. The molecule has 1 nitrogen and oxygen atoms in total. The minimum Gasteiger partial charge on any atom is -0.313 e. The minimum absolute atomic E-state index is 0.0393. The highest BCUT2D eigenvalue weighted by Gasteiger charge is 2.18. The van der Waals surface area contributed by atoms with Gasteiger partial charge in [-0.1, -0.05) is 29.8 Å². The van der Waals surface area contributed by atoms with Gasteiger partial charge in [-0.25, -0.2) is 4.39 Å². The second kappa shape index (κ2) is 6.71. The first-order chi connectivity index (χ1) is 9.93. The lowest BCUT2D eigenvalue weighted by atomic mass is 9.91. The van der Waals surface area contributed by atoms with Gasteiger partial charge in [0.1, 0.15) is 5.82 Å². The molecule has 21 heavy (non-hydrogen) atoms. The van der Waals surface area contributed by atoms with Crippen LogP contribution >= 0.6 is 15.9 Å². The van der Waals surface area contributed by atoms with E-state index in [1.165, 1.54) is 22.3 Å². The van der Waals surface area contributed by atoms with Crippen LogP contribution < -0.4 is 5.32 Å². The summed E-state index contributed by atoms with van der Waals surface area (Å²) in [5, 5.41) is 3.24. The van der Waals surface area contributed by atoms with Gasteiger partial charge in [-0.2, -0.15) is 0 Å². The highest BCUT2D eigenvalue weighted by atomic mass is 79.9. The fourth-order valence-electron chi connectivity index (χ4n) is 2.89. The number of hydrogen-bond donors (Lipinski definition) is 1. The van der Waals surface area contributed by atoms with Gasteiger partial charge in [0.15, 0.2) is 0 Å². The van der Waals surface area contributed by atoms with Gasteiger partial charge < -0.3 is 5.32 Å². The lowest BCUT2D eigenvalue weighted by Crippen LogP contribution is -2.21. The Balaban J connectivity index is 2.38. The third kappa shape index (κ3) is 3.53. The molecule has 2 aromatic rings. The van der Waals surface area contributed by atoms with Gasteiger partial charge in [0.25, 0.3) is 0 Å². The smallest absolute Gasteiger partial charge is 0.142 e. The van der Waals surface area contributed by atoms with Crippen molar-refractivity contribution in [2.45, 2.75) is 33.2 Å². The van der Waals surface area contributed by atoms with E-state index in [-0.39, 0.29) is 11.9 Å². The van der Waals surface area contributed by atoms with Crippen LogP contribution in [0, 0.1) is 26.6 Å². The molecule has 1 N–H and O–H groups in total. The highest BCUT2D eigenvalue weighted by Crippen LogP contribution is 2.28. The van der Waals surface area contributed by atoms with Crippen molar-refractivity contribution in [3.63, 3.8) is 0 Å². The third-order valence-corrected chi connectivity index (χ3v) is 4.57. The zero-order valence-corrected chi connectivity index (χ0v) is 14.5. The number of rotatable bonds is 4. The monoisotopic (exact) mass is 349 g/mol. The molecule has 2 rings (SSSR count). The first-order valence-electron chi connectivity index (χ1n) is 7.12. The van der Waals surface area contributed by atoms with Crippen LogP contribution in [0.25, 0.3) is 0 Å². The van der Waals surface area contributed by atoms with Crippen LogP contribution in [0.4, 0.5) is 4.39 Å². The summed E-state index contributed by atoms with van der Waals surface area (Å²) in [6, 6.07) is 9.79. The van der Waals surface area contributed by atoms with Crippen LogP contribution in [0.3, 0.4) is 0 Å². The molecule has 0 bridgehead atoms. The molecule has 0 spiro atoms. The van der Waals surface area contributed by atoms with Crippen LogP contribution in [0.1, 0.15) is 33.9 Å². The topological polar surface area (TPSA) is 12.0 Å². The number of likely N-dealkylation sites (N-methyl/N-ethyl adjacent to an activating group) is 1. The van der Waals surface area contributed by atoms with Crippen molar-refractivity contribution in [1.29, 1.82) is 0 Å². The van der Waals surface area contributed by atoms with Crippen LogP contribution in [-0.4, -0.2) is 7.05 Å². The Kier molecular flexibility index (Phi) is 5.17. The molecular weight excluding hydrogens is 329 g/mol. The Bertz CT molecular complexity index is 629. The largest absolute Gasteiger partial charge is 0.313 e. The standard InChI is InChI=1S/C18H21BrFN/c1-11-8-12(2)15(13(3)9-11)10-17(21-4)14-6-5-7-16(19)18(14)20/h5-9,17,21H,10H2,1-4H3. The Morgan fingerprint density at radius 3 is 2.33 bits per heavy atom. The molecule has 0 aliphatic rings. The SMILES string of the molecule is CNC(Cc1c(C)cc(C)cc1C)c1cccc(Br)c1F. The summed E-state index contributed by atoms with van der Waals surface area (Å²) >= 11 is 3.26.